The number of hydrogen-bond acceptors (Lipinski definition) is 7. The molecule has 3 heterocycles. The SMILES string of the molecule is O=[N+]([O-])c1ccccc1S(=O)(=O)N1CCC(CN2CCC(N3CSc4cc(F)ccc43)CC2)CC1. The van der Waals surface area contributed by atoms with Crippen molar-refractivity contribution in [1.29, 1.82) is 0 Å². The number of anilines is 1. The van der Waals surface area contributed by atoms with Gasteiger partial charge in [0.25, 0.3) is 5.69 Å². The van der Waals surface area contributed by atoms with Crippen LogP contribution in [0.25, 0.3) is 0 Å². The Labute approximate surface area is 209 Å². The molecule has 2 saturated heterocycles. The maximum absolute atomic E-state index is 13.5. The summed E-state index contributed by atoms with van der Waals surface area (Å²) in [5.41, 5.74) is 0.767. The number of nitrogens with zero attached hydrogens (tertiary/aromatic N) is 4. The molecule has 3 aliphatic heterocycles. The minimum absolute atomic E-state index is 0.186. The molecular formula is C24H29FN4O4S2. The van der Waals surface area contributed by atoms with E-state index < -0.39 is 14.9 Å². The fraction of sp³-hybridized carbons (Fsp3) is 0.500. The van der Waals surface area contributed by atoms with Gasteiger partial charge in [-0.2, -0.15) is 4.31 Å². The average molecular weight is 521 g/mol. The normalized spacial score (nSPS) is 20.8. The lowest BCUT2D eigenvalue weighted by atomic mass is 9.95. The van der Waals surface area contributed by atoms with Crippen molar-refractivity contribution >= 4 is 33.2 Å². The molecule has 0 atom stereocenters. The van der Waals surface area contributed by atoms with Crippen LogP contribution < -0.4 is 4.90 Å². The maximum atomic E-state index is 13.5. The lowest BCUT2D eigenvalue weighted by Crippen LogP contribution is -2.47. The summed E-state index contributed by atoms with van der Waals surface area (Å²) in [6, 6.07) is 11.1. The number of para-hydroxylation sites is 1. The summed E-state index contributed by atoms with van der Waals surface area (Å²) < 4.78 is 41.0. The largest absolute Gasteiger partial charge is 0.358 e. The molecule has 0 amide bonds. The van der Waals surface area contributed by atoms with Gasteiger partial charge in [-0.15, -0.1) is 11.8 Å². The second kappa shape index (κ2) is 10.0. The number of hydrogen-bond donors (Lipinski definition) is 0. The van der Waals surface area contributed by atoms with Crippen LogP contribution in [0, 0.1) is 21.8 Å². The van der Waals surface area contributed by atoms with E-state index in [-0.39, 0.29) is 16.4 Å². The number of likely N-dealkylation sites (tertiary alicyclic amines) is 1. The summed E-state index contributed by atoms with van der Waals surface area (Å²) in [6.07, 6.45) is 3.62. The van der Waals surface area contributed by atoms with Gasteiger partial charge >= 0.3 is 0 Å². The highest BCUT2D eigenvalue weighted by atomic mass is 32.2. The standard InChI is InChI=1S/C24H29FN4O4S2/c25-19-5-6-21-23(15-19)34-17-28(21)20-9-11-26(12-10-20)16-18-7-13-27(14-8-18)35(32,33)24-4-2-1-3-22(24)29(30)31/h1-6,15,18,20H,7-14,16-17H2. The minimum Gasteiger partial charge on any atom is -0.358 e. The van der Waals surface area contributed by atoms with Gasteiger partial charge < -0.3 is 9.80 Å². The van der Waals surface area contributed by atoms with Gasteiger partial charge in [-0.3, -0.25) is 10.1 Å². The van der Waals surface area contributed by atoms with E-state index in [1.807, 2.05) is 6.07 Å². The number of nitro groups is 1. The van der Waals surface area contributed by atoms with E-state index in [2.05, 4.69) is 9.80 Å². The molecule has 0 aliphatic carbocycles. The Morgan fingerprint density at radius 1 is 1.03 bits per heavy atom. The molecule has 2 aromatic carbocycles. The van der Waals surface area contributed by atoms with E-state index >= 15 is 0 Å². The molecule has 2 fully saturated rings. The predicted molar refractivity (Wildman–Crippen MR) is 134 cm³/mol. The van der Waals surface area contributed by atoms with Crippen molar-refractivity contribution in [2.45, 2.75) is 41.5 Å². The molecule has 0 saturated carbocycles. The number of rotatable bonds is 6. The smallest absolute Gasteiger partial charge is 0.289 e. The second-order valence-electron chi connectivity index (χ2n) is 9.46. The van der Waals surface area contributed by atoms with Gasteiger partial charge in [0, 0.05) is 49.7 Å². The van der Waals surface area contributed by atoms with Crippen molar-refractivity contribution < 1.29 is 17.7 Å². The molecule has 0 bridgehead atoms. The summed E-state index contributed by atoms with van der Waals surface area (Å²) >= 11 is 1.70. The molecule has 8 nitrogen and oxygen atoms in total. The average Bonchev–Trinajstić information content (AvgIpc) is 3.28. The second-order valence-corrected chi connectivity index (χ2v) is 12.4. The molecule has 0 spiro atoms. The zero-order chi connectivity index (χ0) is 24.6. The Balaban J connectivity index is 1.13. The monoisotopic (exact) mass is 520 g/mol. The Hall–Kier alpha value is -2.21. The van der Waals surface area contributed by atoms with Crippen LogP contribution in [0.4, 0.5) is 15.8 Å². The number of fused-ring (bicyclic) bond motifs is 1. The summed E-state index contributed by atoms with van der Waals surface area (Å²) in [5, 5.41) is 11.3. The van der Waals surface area contributed by atoms with Crippen molar-refractivity contribution in [2.75, 3.05) is 43.5 Å². The summed E-state index contributed by atoms with van der Waals surface area (Å²) in [4.78, 5) is 16.3. The van der Waals surface area contributed by atoms with E-state index in [0.29, 0.717) is 25.0 Å². The lowest BCUT2D eigenvalue weighted by Gasteiger charge is -2.40. The molecule has 0 unspecified atom stereocenters. The van der Waals surface area contributed by atoms with Crippen LogP contribution in [-0.4, -0.2) is 67.2 Å². The molecule has 188 valence electrons. The number of nitro benzene ring substituents is 1. The van der Waals surface area contributed by atoms with E-state index in [0.717, 1.165) is 61.8 Å². The van der Waals surface area contributed by atoms with Gasteiger partial charge in [-0.25, -0.2) is 12.8 Å². The van der Waals surface area contributed by atoms with Gasteiger partial charge in [-0.05, 0) is 55.9 Å². The summed E-state index contributed by atoms with van der Waals surface area (Å²) in [5.74, 6) is 1.10. The Morgan fingerprint density at radius 2 is 1.74 bits per heavy atom. The van der Waals surface area contributed by atoms with E-state index in [9.17, 15) is 22.9 Å². The molecule has 2 aromatic rings. The first-order valence-corrected chi connectivity index (χ1v) is 14.4. The lowest BCUT2D eigenvalue weighted by molar-refractivity contribution is -0.387. The first kappa shape index (κ1) is 24.5. The third kappa shape index (κ3) is 5.04. The highest BCUT2D eigenvalue weighted by molar-refractivity contribution is 7.99. The quantitative estimate of drug-likeness (QED) is 0.417. The summed E-state index contributed by atoms with van der Waals surface area (Å²) in [7, 11) is -3.89. The van der Waals surface area contributed by atoms with Crippen molar-refractivity contribution in [3.05, 3.63) is 58.4 Å². The van der Waals surface area contributed by atoms with Crippen molar-refractivity contribution in [1.82, 2.24) is 9.21 Å². The van der Waals surface area contributed by atoms with Crippen LogP contribution in [-0.2, 0) is 10.0 Å². The van der Waals surface area contributed by atoms with E-state index in [1.165, 1.54) is 34.6 Å². The number of halogens is 1. The van der Waals surface area contributed by atoms with Gasteiger partial charge in [-0.1, -0.05) is 12.1 Å². The molecule has 0 aromatic heterocycles. The molecule has 0 radical (unpaired) electrons. The van der Waals surface area contributed by atoms with Crippen LogP contribution in [0.1, 0.15) is 25.7 Å². The van der Waals surface area contributed by atoms with E-state index in [1.54, 1.807) is 17.8 Å². The molecule has 11 heteroatoms. The van der Waals surface area contributed by atoms with E-state index in [4.69, 9.17) is 0 Å². The molecular weight excluding hydrogens is 491 g/mol. The van der Waals surface area contributed by atoms with Crippen LogP contribution in [0.5, 0.6) is 0 Å². The third-order valence-electron chi connectivity index (χ3n) is 7.36. The van der Waals surface area contributed by atoms with Crippen LogP contribution in [0.3, 0.4) is 0 Å². The molecule has 5 rings (SSSR count). The van der Waals surface area contributed by atoms with Crippen LogP contribution >= 0.6 is 11.8 Å². The molecule has 0 N–H and O–H groups in total. The zero-order valence-corrected chi connectivity index (χ0v) is 21.0. The topological polar surface area (TPSA) is 87.0 Å². The van der Waals surface area contributed by atoms with Crippen LogP contribution in [0.2, 0.25) is 0 Å². The van der Waals surface area contributed by atoms with Crippen molar-refractivity contribution in [2.24, 2.45) is 5.92 Å². The Kier molecular flexibility index (Phi) is 7.02. The highest BCUT2D eigenvalue weighted by Crippen LogP contribution is 2.41. The Morgan fingerprint density at radius 3 is 2.46 bits per heavy atom. The van der Waals surface area contributed by atoms with Gasteiger partial charge in [0.1, 0.15) is 5.82 Å². The first-order chi connectivity index (χ1) is 16.8. The fourth-order valence-corrected chi connectivity index (χ4v) is 8.21. The highest BCUT2D eigenvalue weighted by Gasteiger charge is 2.35. The minimum atomic E-state index is -3.89. The number of sulfonamides is 1. The van der Waals surface area contributed by atoms with Gasteiger partial charge in [0.2, 0.25) is 10.0 Å². The van der Waals surface area contributed by atoms with Crippen molar-refractivity contribution in [3.63, 3.8) is 0 Å². The zero-order valence-electron chi connectivity index (χ0n) is 19.4. The first-order valence-electron chi connectivity index (χ1n) is 12.0. The Bertz CT molecular complexity index is 1200. The molecule has 35 heavy (non-hydrogen) atoms. The fourth-order valence-electron chi connectivity index (χ4n) is 5.43. The number of thioether (sulfide) groups is 1. The van der Waals surface area contributed by atoms with Crippen LogP contribution in [0.15, 0.2) is 52.3 Å². The van der Waals surface area contributed by atoms with Crippen molar-refractivity contribution in [3.8, 4) is 0 Å². The van der Waals surface area contributed by atoms with Gasteiger partial charge in [0.15, 0.2) is 4.90 Å². The predicted octanol–water partition coefficient (Wildman–Crippen LogP) is 4.17. The maximum Gasteiger partial charge on any atom is 0.289 e. The number of piperidine rings is 2. The number of benzene rings is 2. The third-order valence-corrected chi connectivity index (χ3v) is 10.3. The summed E-state index contributed by atoms with van der Waals surface area (Å²) in [6.45, 7) is 3.71. The molecule has 3 aliphatic rings. The van der Waals surface area contributed by atoms with Gasteiger partial charge in [0.05, 0.1) is 16.5 Å².